The fourth-order valence-electron chi connectivity index (χ4n) is 1.71. The Balaban J connectivity index is 2.65. The van der Waals surface area contributed by atoms with Crippen molar-refractivity contribution in [3.05, 3.63) is 0 Å². The first kappa shape index (κ1) is 11.4. The second-order valence-electron chi connectivity index (χ2n) is 3.90. The van der Waals surface area contributed by atoms with Gasteiger partial charge in [-0.3, -0.25) is 4.79 Å². The lowest BCUT2D eigenvalue weighted by Gasteiger charge is -2.22. The molecule has 1 atom stereocenters. The van der Waals surface area contributed by atoms with Crippen LogP contribution in [0, 0.1) is 5.92 Å². The summed E-state index contributed by atoms with van der Waals surface area (Å²) in [5, 5.41) is 8.51. The van der Waals surface area contributed by atoms with E-state index in [0.29, 0.717) is 13.1 Å². The summed E-state index contributed by atoms with van der Waals surface area (Å²) in [5.74, 6) is -4.98. The number of alkyl halides is 2. The average molecular weight is 207 g/mol. The number of likely N-dealkylation sites (tertiary alicyclic amines) is 1. The highest BCUT2D eigenvalue weighted by molar-refractivity contribution is 5.67. The Morgan fingerprint density at radius 3 is 2.79 bits per heavy atom. The van der Waals surface area contributed by atoms with Gasteiger partial charge in [0.15, 0.2) is 0 Å². The first-order valence-electron chi connectivity index (χ1n) is 4.70. The summed E-state index contributed by atoms with van der Waals surface area (Å²) < 4.78 is 26.7. The van der Waals surface area contributed by atoms with Crippen LogP contribution < -0.4 is 0 Å². The molecule has 1 saturated heterocycles. The molecular formula is C9H15F2NO2. The van der Waals surface area contributed by atoms with Gasteiger partial charge in [-0.2, -0.15) is 0 Å². The molecule has 0 aliphatic carbocycles. The van der Waals surface area contributed by atoms with Crippen molar-refractivity contribution >= 4 is 5.97 Å². The lowest BCUT2D eigenvalue weighted by Crippen LogP contribution is -2.30. The maximum absolute atomic E-state index is 13.4. The van der Waals surface area contributed by atoms with Crippen molar-refractivity contribution in [2.45, 2.75) is 25.2 Å². The maximum atomic E-state index is 13.4. The minimum absolute atomic E-state index is 0.235. The molecule has 1 aliphatic heterocycles. The highest BCUT2D eigenvalue weighted by Gasteiger charge is 2.41. The zero-order chi connectivity index (χ0) is 10.8. The van der Waals surface area contributed by atoms with Gasteiger partial charge in [-0.1, -0.05) is 0 Å². The zero-order valence-electron chi connectivity index (χ0n) is 8.17. The number of nitrogens with zero attached hydrogens (tertiary/aromatic N) is 1. The van der Waals surface area contributed by atoms with E-state index in [1.807, 2.05) is 4.90 Å². The van der Waals surface area contributed by atoms with Crippen LogP contribution in [0.1, 0.15) is 19.3 Å². The summed E-state index contributed by atoms with van der Waals surface area (Å²) in [7, 11) is 1.78. The van der Waals surface area contributed by atoms with E-state index in [9.17, 15) is 13.6 Å². The monoisotopic (exact) mass is 207 g/mol. The van der Waals surface area contributed by atoms with E-state index in [-0.39, 0.29) is 12.8 Å². The molecule has 5 heteroatoms. The summed E-state index contributed by atoms with van der Waals surface area (Å²) in [4.78, 5) is 12.2. The Labute approximate surface area is 81.7 Å². The number of carboxylic acid groups (broad SMARTS) is 1. The van der Waals surface area contributed by atoms with Crippen LogP contribution in [0.25, 0.3) is 0 Å². The Bertz CT molecular complexity index is 221. The molecule has 0 spiro atoms. The fourth-order valence-corrected chi connectivity index (χ4v) is 1.71. The van der Waals surface area contributed by atoms with Crippen LogP contribution in [0.2, 0.25) is 0 Å². The van der Waals surface area contributed by atoms with Crippen molar-refractivity contribution in [1.29, 1.82) is 0 Å². The lowest BCUT2D eigenvalue weighted by atomic mass is 9.93. The zero-order valence-corrected chi connectivity index (χ0v) is 8.17. The number of carbonyl (C=O) groups is 1. The van der Waals surface area contributed by atoms with Gasteiger partial charge in [0.1, 0.15) is 0 Å². The maximum Gasteiger partial charge on any atom is 0.303 e. The molecule has 0 saturated carbocycles. The number of halogens is 2. The number of hydrogen-bond acceptors (Lipinski definition) is 2. The third kappa shape index (κ3) is 2.90. The van der Waals surface area contributed by atoms with Crippen LogP contribution in [0.5, 0.6) is 0 Å². The van der Waals surface area contributed by atoms with Gasteiger partial charge in [0, 0.05) is 18.9 Å². The highest BCUT2D eigenvalue weighted by Crippen LogP contribution is 2.35. The predicted octanol–water partition coefficient (Wildman–Crippen LogP) is 1.44. The van der Waals surface area contributed by atoms with Gasteiger partial charge in [-0.15, -0.1) is 0 Å². The smallest absolute Gasteiger partial charge is 0.303 e. The minimum Gasteiger partial charge on any atom is -0.481 e. The summed E-state index contributed by atoms with van der Waals surface area (Å²) in [6.07, 6.45) is -0.405. The van der Waals surface area contributed by atoms with Crippen LogP contribution in [0.3, 0.4) is 0 Å². The van der Waals surface area contributed by atoms with E-state index in [2.05, 4.69) is 0 Å². The average Bonchev–Trinajstić information content (AvgIpc) is 2.17. The van der Waals surface area contributed by atoms with Gasteiger partial charge in [-0.05, 0) is 20.0 Å². The summed E-state index contributed by atoms with van der Waals surface area (Å²) >= 11 is 0. The third-order valence-corrected chi connectivity index (χ3v) is 2.70. The van der Waals surface area contributed by atoms with Crippen molar-refractivity contribution in [1.82, 2.24) is 4.90 Å². The molecule has 82 valence electrons. The van der Waals surface area contributed by atoms with Crippen LogP contribution in [-0.2, 0) is 4.79 Å². The normalized spacial score (nSPS) is 28.4. The van der Waals surface area contributed by atoms with Crippen molar-refractivity contribution < 1.29 is 18.7 Å². The minimum atomic E-state index is -2.83. The molecule has 1 N–H and O–H groups in total. The molecule has 0 amide bonds. The van der Waals surface area contributed by atoms with E-state index in [1.165, 1.54) is 0 Å². The molecular weight excluding hydrogens is 192 g/mol. The van der Waals surface area contributed by atoms with E-state index in [4.69, 9.17) is 5.11 Å². The van der Waals surface area contributed by atoms with Crippen molar-refractivity contribution in [3.63, 3.8) is 0 Å². The SMILES string of the molecule is CN1CCC(CC(=O)O)C(F)(F)CC1. The van der Waals surface area contributed by atoms with Crippen molar-refractivity contribution in [3.8, 4) is 0 Å². The first-order valence-corrected chi connectivity index (χ1v) is 4.70. The molecule has 14 heavy (non-hydrogen) atoms. The second-order valence-corrected chi connectivity index (χ2v) is 3.90. The molecule has 1 fully saturated rings. The van der Waals surface area contributed by atoms with Crippen LogP contribution in [-0.4, -0.2) is 42.0 Å². The standard InChI is InChI=1S/C9H15F2NO2/c1-12-4-2-7(6-8(13)14)9(10,11)3-5-12/h7H,2-6H2,1H3,(H,13,14). The van der Waals surface area contributed by atoms with E-state index < -0.39 is 24.2 Å². The molecule has 1 heterocycles. The van der Waals surface area contributed by atoms with Crippen LogP contribution in [0.4, 0.5) is 8.78 Å². The Hall–Kier alpha value is -0.710. The van der Waals surface area contributed by atoms with E-state index >= 15 is 0 Å². The Kier molecular flexibility index (Phi) is 3.42. The molecule has 0 aromatic heterocycles. The summed E-state index contributed by atoms with van der Waals surface area (Å²) in [5.41, 5.74) is 0. The van der Waals surface area contributed by atoms with E-state index in [1.54, 1.807) is 7.05 Å². The van der Waals surface area contributed by atoms with Crippen LogP contribution in [0.15, 0.2) is 0 Å². The largest absolute Gasteiger partial charge is 0.481 e. The molecule has 0 bridgehead atoms. The number of aliphatic carboxylic acids is 1. The number of hydrogen-bond donors (Lipinski definition) is 1. The Morgan fingerprint density at radius 1 is 1.57 bits per heavy atom. The van der Waals surface area contributed by atoms with Gasteiger partial charge in [-0.25, -0.2) is 8.78 Å². The van der Waals surface area contributed by atoms with Gasteiger partial charge in [0.2, 0.25) is 0 Å². The topological polar surface area (TPSA) is 40.5 Å². The van der Waals surface area contributed by atoms with Gasteiger partial charge >= 0.3 is 5.97 Å². The van der Waals surface area contributed by atoms with E-state index in [0.717, 1.165) is 0 Å². The quantitative estimate of drug-likeness (QED) is 0.744. The molecule has 0 radical (unpaired) electrons. The fraction of sp³-hybridized carbons (Fsp3) is 0.889. The lowest BCUT2D eigenvalue weighted by molar-refractivity contribution is -0.143. The first-order chi connectivity index (χ1) is 6.42. The number of rotatable bonds is 2. The molecule has 3 nitrogen and oxygen atoms in total. The summed E-state index contributed by atoms with van der Waals surface area (Å²) in [6.45, 7) is 0.886. The summed E-state index contributed by atoms with van der Waals surface area (Å²) in [6, 6.07) is 0. The highest BCUT2D eigenvalue weighted by atomic mass is 19.3. The molecule has 1 unspecified atom stereocenters. The van der Waals surface area contributed by atoms with Gasteiger partial charge in [0.05, 0.1) is 6.42 Å². The molecule has 0 aromatic carbocycles. The third-order valence-electron chi connectivity index (χ3n) is 2.70. The second kappa shape index (κ2) is 4.21. The number of carboxylic acids is 1. The van der Waals surface area contributed by atoms with Gasteiger partial charge in [0.25, 0.3) is 5.92 Å². The molecule has 1 aliphatic rings. The van der Waals surface area contributed by atoms with Crippen molar-refractivity contribution in [2.75, 3.05) is 20.1 Å². The molecule has 0 aromatic rings. The Morgan fingerprint density at radius 2 is 2.21 bits per heavy atom. The predicted molar refractivity (Wildman–Crippen MR) is 47.4 cm³/mol. The van der Waals surface area contributed by atoms with Gasteiger partial charge < -0.3 is 10.0 Å². The van der Waals surface area contributed by atoms with Crippen LogP contribution >= 0.6 is 0 Å². The molecule has 1 rings (SSSR count). The van der Waals surface area contributed by atoms with Crippen molar-refractivity contribution in [2.24, 2.45) is 5.92 Å².